The van der Waals surface area contributed by atoms with Crippen molar-refractivity contribution < 1.29 is 38.1 Å². The van der Waals surface area contributed by atoms with Crippen LogP contribution in [-0.2, 0) is 35.1 Å². The molecule has 0 aliphatic carbocycles. The summed E-state index contributed by atoms with van der Waals surface area (Å²) in [6.07, 6.45) is -0.333. The molecule has 10 nitrogen and oxygen atoms in total. The van der Waals surface area contributed by atoms with Crippen molar-refractivity contribution >= 4 is 23.9 Å². The van der Waals surface area contributed by atoms with Gasteiger partial charge < -0.3 is 28.7 Å². The van der Waals surface area contributed by atoms with Gasteiger partial charge in [-0.2, -0.15) is 0 Å². The molecule has 0 bridgehead atoms. The zero-order chi connectivity index (χ0) is 27.6. The summed E-state index contributed by atoms with van der Waals surface area (Å²) < 4.78 is 21.0. The highest BCUT2D eigenvalue weighted by Crippen LogP contribution is 2.35. The molecule has 0 atom stereocenters. The molecule has 1 fully saturated rings. The zero-order valence-electron chi connectivity index (χ0n) is 22.8. The van der Waals surface area contributed by atoms with Gasteiger partial charge in [-0.15, -0.1) is 0 Å². The van der Waals surface area contributed by atoms with E-state index in [1.165, 1.54) is 0 Å². The van der Waals surface area contributed by atoms with Crippen LogP contribution in [0.3, 0.4) is 0 Å². The van der Waals surface area contributed by atoms with E-state index in [2.05, 4.69) is 0 Å². The fourth-order valence-corrected chi connectivity index (χ4v) is 4.32. The number of nitrogens with zero attached hydrogens (tertiary/aromatic N) is 2. The van der Waals surface area contributed by atoms with Gasteiger partial charge in [0.2, 0.25) is 5.91 Å². The van der Waals surface area contributed by atoms with Crippen LogP contribution in [-0.4, -0.2) is 78.3 Å². The zero-order valence-corrected chi connectivity index (χ0v) is 22.8. The third kappa shape index (κ3) is 8.94. The second-order valence-electron chi connectivity index (χ2n) is 9.98. The van der Waals surface area contributed by atoms with E-state index in [0.717, 1.165) is 5.56 Å². The molecule has 0 saturated carbocycles. The largest absolute Gasteiger partial charge is 0.497 e. The number of benzene rings is 1. The van der Waals surface area contributed by atoms with Gasteiger partial charge in [0.1, 0.15) is 17.8 Å². The summed E-state index contributed by atoms with van der Waals surface area (Å²) in [6, 6.07) is 7.23. The first-order valence-electron chi connectivity index (χ1n) is 12.7. The molecule has 0 unspecified atom stereocenters. The van der Waals surface area contributed by atoms with Crippen LogP contribution in [0, 0.1) is 0 Å². The molecule has 0 radical (unpaired) electrons. The lowest BCUT2D eigenvalue weighted by atomic mass is 9.81. The smallest absolute Gasteiger partial charge is 0.410 e. The lowest BCUT2D eigenvalue weighted by Crippen LogP contribution is -2.59. The van der Waals surface area contributed by atoms with Crippen molar-refractivity contribution in [2.75, 3.05) is 33.4 Å². The van der Waals surface area contributed by atoms with E-state index < -0.39 is 41.5 Å². The number of esters is 2. The van der Waals surface area contributed by atoms with E-state index in [4.69, 9.17) is 18.9 Å². The Balaban J connectivity index is 2.40. The van der Waals surface area contributed by atoms with Gasteiger partial charge in [-0.1, -0.05) is 12.1 Å². The van der Waals surface area contributed by atoms with Gasteiger partial charge in [0, 0.05) is 19.6 Å². The number of rotatable bonds is 10. The summed E-state index contributed by atoms with van der Waals surface area (Å²) in [6.45, 7) is 9.86. The van der Waals surface area contributed by atoms with E-state index in [9.17, 15) is 19.2 Å². The van der Waals surface area contributed by atoms with E-state index in [1.807, 2.05) is 12.1 Å². The number of piperidine rings is 1. The second kappa shape index (κ2) is 13.3. The monoisotopic (exact) mass is 520 g/mol. The Morgan fingerprint density at radius 3 is 2.03 bits per heavy atom. The number of ether oxygens (including phenoxy) is 4. The first-order valence-corrected chi connectivity index (χ1v) is 12.7. The summed E-state index contributed by atoms with van der Waals surface area (Å²) in [5.41, 5.74) is -0.809. The number of likely N-dealkylation sites (tertiary alicyclic amines) is 1. The predicted octanol–water partition coefficient (Wildman–Crippen LogP) is 3.70. The molecule has 10 heteroatoms. The topological polar surface area (TPSA) is 112 Å². The van der Waals surface area contributed by atoms with Crippen molar-refractivity contribution in [1.29, 1.82) is 0 Å². The number of hydrogen-bond donors (Lipinski definition) is 0. The average Bonchev–Trinajstić information content (AvgIpc) is 2.82. The number of carbonyl (C=O) groups excluding carboxylic acids is 4. The first-order chi connectivity index (χ1) is 17.4. The molecule has 1 aromatic carbocycles. The van der Waals surface area contributed by atoms with Crippen LogP contribution in [0.4, 0.5) is 4.79 Å². The number of carbonyl (C=O) groups is 4. The molecular formula is C27H40N2O8. The maximum absolute atomic E-state index is 13.5. The minimum atomic E-state index is -0.964. The molecule has 1 aliphatic rings. The number of methoxy groups -OCH3 is 1. The van der Waals surface area contributed by atoms with Crippen molar-refractivity contribution in [2.24, 2.45) is 0 Å². The van der Waals surface area contributed by atoms with Gasteiger partial charge in [0.05, 0.1) is 32.3 Å². The SMILES string of the molecule is CCOC(=O)CC(=O)N(Cc1ccc(OC)cc1)C1(CC(=O)OCC)CCN(C(=O)OC(C)(C)C)CC1. The maximum Gasteiger partial charge on any atom is 0.410 e. The van der Waals surface area contributed by atoms with Crippen molar-refractivity contribution in [3.8, 4) is 5.75 Å². The molecule has 1 aromatic rings. The summed E-state index contributed by atoms with van der Waals surface area (Å²) >= 11 is 0. The van der Waals surface area contributed by atoms with Gasteiger partial charge in [-0.3, -0.25) is 14.4 Å². The number of amides is 2. The molecule has 2 rings (SSSR count). The van der Waals surface area contributed by atoms with Crippen molar-refractivity contribution in [1.82, 2.24) is 9.80 Å². The van der Waals surface area contributed by atoms with E-state index >= 15 is 0 Å². The lowest BCUT2D eigenvalue weighted by Gasteiger charge is -2.48. The van der Waals surface area contributed by atoms with Crippen LogP contribution in [0.15, 0.2) is 24.3 Å². The van der Waals surface area contributed by atoms with Crippen molar-refractivity contribution in [3.05, 3.63) is 29.8 Å². The predicted molar refractivity (Wildman–Crippen MR) is 136 cm³/mol. The molecule has 0 aromatic heterocycles. The molecule has 1 aliphatic heterocycles. The quantitative estimate of drug-likeness (QED) is 0.261. The second-order valence-corrected chi connectivity index (χ2v) is 9.98. The molecular weight excluding hydrogens is 480 g/mol. The van der Waals surface area contributed by atoms with Crippen LogP contribution in [0.2, 0.25) is 0 Å². The summed E-state index contributed by atoms with van der Waals surface area (Å²) in [5.74, 6) is -0.870. The molecule has 0 N–H and O–H groups in total. The molecule has 206 valence electrons. The van der Waals surface area contributed by atoms with Crippen LogP contribution in [0.5, 0.6) is 5.75 Å². The third-order valence-corrected chi connectivity index (χ3v) is 6.10. The Bertz CT molecular complexity index is 931. The van der Waals surface area contributed by atoms with Crippen molar-refractivity contribution in [2.45, 2.75) is 78.0 Å². The van der Waals surface area contributed by atoms with Crippen LogP contribution in [0.1, 0.15) is 65.9 Å². The fraction of sp³-hybridized carbons (Fsp3) is 0.630. The highest BCUT2D eigenvalue weighted by Gasteiger charge is 2.46. The van der Waals surface area contributed by atoms with Gasteiger partial charge in [0.15, 0.2) is 0 Å². The molecule has 1 heterocycles. The summed E-state index contributed by atoms with van der Waals surface area (Å²) in [5, 5.41) is 0. The first kappa shape index (κ1) is 29.9. The molecule has 1 saturated heterocycles. The molecule has 2 amide bonds. The van der Waals surface area contributed by atoms with Gasteiger partial charge in [-0.05, 0) is 65.2 Å². The van der Waals surface area contributed by atoms with Crippen LogP contribution >= 0.6 is 0 Å². The highest BCUT2D eigenvalue weighted by molar-refractivity contribution is 5.95. The Morgan fingerprint density at radius 2 is 1.51 bits per heavy atom. The fourth-order valence-electron chi connectivity index (χ4n) is 4.32. The normalized spacial score (nSPS) is 14.9. The van der Waals surface area contributed by atoms with E-state index in [1.54, 1.807) is 63.7 Å². The molecule has 37 heavy (non-hydrogen) atoms. The van der Waals surface area contributed by atoms with Crippen LogP contribution < -0.4 is 4.74 Å². The summed E-state index contributed by atoms with van der Waals surface area (Å²) in [4.78, 5) is 54.4. The summed E-state index contributed by atoms with van der Waals surface area (Å²) in [7, 11) is 1.57. The Labute approximate surface area is 219 Å². The Morgan fingerprint density at radius 1 is 0.946 bits per heavy atom. The van der Waals surface area contributed by atoms with E-state index in [-0.39, 0.29) is 39.3 Å². The van der Waals surface area contributed by atoms with Gasteiger partial charge in [-0.25, -0.2) is 4.79 Å². The third-order valence-electron chi connectivity index (χ3n) is 6.10. The van der Waals surface area contributed by atoms with E-state index in [0.29, 0.717) is 18.6 Å². The maximum atomic E-state index is 13.5. The van der Waals surface area contributed by atoms with Crippen LogP contribution in [0.25, 0.3) is 0 Å². The lowest BCUT2D eigenvalue weighted by molar-refractivity contribution is -0.156. The van der Waals surface area contributed by atoms with Gasteiger partial charge in [0.25, 0.3) is 0 Å². The molecule has 0 spiro atoms. The standard InChI is InChI=1S/C27H40N2O8/c1-7-35-23(31)17-22(30)29(19-20-9-11-21(34-6)12-10-20)27(18-24(32)36-8-2)13-15-28(16-14-27)25(33)37-26(3,4)5/h9-12H,7-8,13-19H2,1-6H3. The average molecular weight is 521 g/mol. The Hall–Kier alpha value is -3.30. The minimum absolute atomic E-state index is 0.0618. The van der Waals surface area contributed by atoms with Crippen molar-refractivity contribution in [3.63, 3.8) is 0 Å². The number of hydrogen-bond acceptors (Lipinski definition) is 8. The minimum Gasteiger partial charge on any atom is -0.497 e. The highest BCUT2D eigenvalue weighted by atomic mass is 16.6. The van der Waals surface area contributed by atoms with Gasteiger partial charge >= 0.3 is 18.0 Å². The Kier molecular flexibility index (Phi) is 10.8.